The Kier molecular flexibility index (Phi) is 4.49. The molecule has 1 N–H and O–H groups in total. The van der Waals surface area contributed by atoms with Crippen LogP contribution in [0.4, 0.5) is 19.1 Å². The molecule has 0 amide bonds. The lowest BCUT2D eigenvalue weighted by Crippen LogP contribution is -2.53. The number of aromatic nitrogens is 2. The SMILES string of the molecule is O[C@@]12CCCC[C@@H]1CN(c1nccc(CCC(F)(F)F)n1)CC2. The topological polar surface area (TPSA) is 49.2 Å². The third-order valence-electron chi connectivity index (χ3n) is 5.08. The summed E-state index contributed by atoms with van der Waals surface area (Å²) in [4.78, 5) is 10.5. The minimum atomic E-state index is -4.17. The lowest BCUT2D eigenvalue weighted by atomic mass is 9.71. The van der Waals surface area contributed by atoms with E-state index in [1.165, 1.54) is 12.3 Å². The van der Waals surface area contributed by atoms with Gasteiger partial charge in [-0.25, -0.2) is 9.97 Å². The van der Waals surface area contributed by atoms with E-state index in [0.717, 1.165) is 25.7 Å². The maximum atomic E-state index is 12.3. The van der Waals surface area contributed by atoms with E-state index in [9.17, 15) is 18.3 Å². The molecule has 2 heterocycles. The van der Waals surface area contributed by atoms with Gasteiger partial charge in [0, 0.05) is 37.3 Å². The van der Waals surface area contributed by atoms with Crippen molar-refractivity contribution >= 4 is 5.95 Å². The van der Waals surface area contributed by atoms with Crippen molar-refractivity contribution in [2.75, 3.05) is 18.0 Å². The molecule has 7 heteroatoms. The van der Waals surface area contributed by atoms with Crippen LogP contribution in [0, 0.1) is 5.92 Å². The second-order valence-corrected chi connectivity index (χ2v) is 6.71. The Morgan fingerprint density at radius 2 is 2.13 bits per heavy atom. The Labute approximate surface area is 133 Å². The first-order valence-electron chi connectivity index (χ1n) is 8.22. The summed E-state index contributed by atoms with van der Waals surface area (Å²) >= 11 is 0. The summed E-state index contributed by atoms with van der Waals surface area (Å²) in [5, 5.41) is 10.7. The smallest absolute Gasteiger partial charge is 0.389 e. The molecule has 0 radical (unpaired) electrons. The zero-order chi connectivity index (χ0) is 16.5. The third-order valence-corrected chi connectivity index (χ3v) is 5.08. The lowest BCUT2D eigenvalue weighted by Gasteiger charge is -2.47. The highest BCUT2D eigenvalue weighted by molar-refractivity contribution is 5.32. The molecule has 0 spiro atoms. The molecular formula is C16H22F3N3O. The molecule has 0 bridgehead atoms. The number of halogens is 3. The second kappa shape index (κ2) is 6.26. The van der Waals surface area contributed by atoms with E-state index in [1.54, 1.807) is 0 Å². The van der Waals surface area contributed by atoms with E-state index in [0.29, 0.717) is 31.2 Å². The van der Waals surface area contributed by atoms with E-state index >= 15 is 0 Å². The minimum Gasteiger partial charge on any atom is -0.389 e. The highest BCUT2D eigenvalue weighted by Gasteiger charge is 2.43. The Balaban J connectivity index is 1.67. The molecule has 1 saturated heterocycles. The molecule has 1 aromatic heterocycles. The van der Waals surface area contributed by atoms with Crippen molar-refractivity contribution in [1.82, 2.24) is 9.97 Å². The van der Waals surface area contributed by atoms with Crippen LogP contribution in [0.25, 0.3) is 0 Å². The Morgan fingerprint density at radius 1 is 1.30 bits per heavy atom. The standard InChI is InChI=1S/C16H22F3N3O/c17-16(18,19)7-4-13-5-9-20-14(21-13)22-10-8-15(23)6-2-1-3-12(15)11-22/h5,9,12,23H,1-4,6-8,10-11H2/t12-,15-/m1/s1. The largest absolute Gasteiger partial charge is 0.389 e. The van der Waals surface area contributed by atoms with Crippen molar-refractivity contribution in [3.8, 4) is 0 Å². The van der Waals surface area contributed by atoms with Gasteiger partial charge in [-0.3, -0.25) is 0 Å². The second-order valence-electron chi connectivity index (χ2n) is 6.71. The number of anilines is 1. The molecular weight excluding hydrogens is 307 g/mol. The van der Waals surface area contributed by atoms with Crippen molar-refractivity contribution in [1.29, 1.82) is 0 Å². The summed E-state index contributed by atoms with van der Waals surface area (Å²) in [6, 6.07) is 1.54. The van der Waals surface area contributed by atoms with E-state index in [1.807, 2.05) is 4.90 Å². The zero-order valence-electron chi connectivity index (χ0n) is 13.0. The van der Waals surface area contributed by atoms with Gasteiger partial charge < -0.3 is 10.0 Å². The molecule has 0 aromatic carbocycles. The van der Waals surface area contributed by atoms with E-state index in [2.05, 4.69) is 9.97 Å². The molecule has 1 aliphatic carbocycles. The number of hydrogen-bond acceptors (Lipinski definition) is 4. The predicted octanol–water partition coefficient (Wildman–Crippen LogP) is 3.10. The number of alkyl halides is 3. The lowest BCUT2D eigenvalue weighted by molar-refractivity contribution is -0.134. The number of nitrogens with zero attached hydrogens (tertiary/aromatic N) is 3. The first-order chi connectivity index (χ1) is 10.9. The highest BCUT2D eigenvalue weighted by atomic mass is 19.4. The predicted molar refractivity (Wildman–Crippen MR) is 80.1 cm³/mol. The number of hydrogen-bond donors (Lipinski definition) is 1. The average Bonchev–Trinajstić information content (AvgIpc) is 2.52. The van der Waals surface area contributed by atoms with Gasteiger partial charge in [-0.2, -0.15) is 13.2 Å². The van der Waals surface area contributed by atoms with Crippen LogP contribution in [-0.2, 0) is 6.42 Å². The summed E-state index contributed by atoms with van der Waals surface area (Å²) in [6.07, 6.45) is 1.05. The quantitative estimate of drug-likeness (QED) is 0.926. The first kappa shape index (κ1) is 16.5. The fraction of sp³-hybridized carbons (Fsp3) is 0.750. The molecule has 1 aliphatic heterocycles. The monoisotopic (exact) mass is 329 g/mol. The van der Waals surface area contributed by atoms with E-state index in [4.69, 9.17) is 0 Å². The van der Waals surface area contributed by atoms with Gasteiger partial charge >= 0.3 is 6.18 Å². The molecule has 1 saturated carbocycles. The van der Waals surface area contributed by atoms with Crippen LogP contribution >= 0.6 is 0 Å². The summed E-state index contributed by atoms with van der Waals surface area (Å²) in [5.74, 6) is 0.685. The molecule has 2 atom stereocenters. The Bertz CT molecular complexity index is 552. The number of rotatable bonds is 3. The van der Waals surface area contributed by atoms with Gasteiger partial charge in [0.1, 0.15) is 0 Å². The fourth-order valence-electron chi connectivity index (χ4n) is 3.70. The maximum Gasteiger partial charge on any atom is 0.389 e. The van der Waals surface area contributed by atoms with Crippen molar-refractivity contribution in [2.24, 2.45) is 5.92 Å². The number of fused-ring (bicyclic) bond motifs is 1. The van der Waals surface area contributed by atoms with E-state index < -0.39 is 18.2 Å². The average molecular weight is 329 g/mol. The molecule has 128 valence electrons. The summed E-state index contributed by atoms with van der Waals surface area (Å²) in [5.41, 5.74) is -0.167. The minimum absolute atomic E-state index is 0.125. The van der Waals surface area contributed by atoms with Crippen molar-refractivity contribution in [2.45, 2.75) is 56.7 Å². The van der Waals surface area contributed by atoms with Gasteiger partial charge in [0.25, 0.3) is 0 Å². The summed E-state index contributed by atoms with van der Waals surface area (Å²) in [6.45, 7) is 1.33. The molecule has 4 nitrogen and oxygen atoms in total. The zero-order valence-corrected chi connectivity index (χ0v) is 13.0. The van der Waals surface area contributed by atoms with Crippen molar-refractivity contribution < 1.29 is 18.3 Å². The van der Waals surface area contributed by atoms with Crippen LogP contribution in [0.5, 0.6) is 0 Å². The van der Waals surface area contributed by atoms with Crippen LogP contribution in [0.1, 0.15) is 44.2 Å². The highest BCUT2D eigenvalue weighted by Crippen LogP contribution is 2.40. The van der Waals surface area contributed by atoms with Crippen LogP contribution in [-0.4, -0.2) is 39.9 Å². The van der Waals surface area contributed by atoms with Crippen LogP contribution in [0.2, 0.25) is 0 Å². The number of aryl methyl sites for hydroxylation is 1. The number of piperidine rings is 1. The molecule has 3 rings (SSSR count). The summed E-state index contributed by atoms with van der Waals surface area (Å²) < 4.78 is 37.0. The van der Waals surface area contributed by atoms with Crippen molar-refractivity contribution in [3.63, 3.8) is 0 Å². The van der Waals surface area contributed by atoms with Crippen LogP contribution < -0.4 is 4.90 Å². The fourth-order valence-corrected chi connectivity index (χ4v) is 3.70. The molecule has 0 unspecified atom stereocenters. The normalized spacial score (nSPS) is 28.5. The van der Waals surface area contributed by atoms with Gasteiger partial charge in [-0.1, -0.05) is 12.8 Å². The first-order valence-corrected chi connectivity index (χ1v) is 8.22. The van der Waals surface area contributed by atoms with E-state index in [-0.39, 0.29) is 12.3 Å². The van der Waals surface area contributed by atoms with Gasteiger partial charge in [-0.05, 0) is 31.7 Å². The summed E-state index contributed by atoms with van der Waals surface area (Å²) in [7, 11) is 0. The van der Waals surface area contributed by atoms with Gasteiger partial charge in [0.15, 0.2) is 0 Å². The van der Waals surface area contributed by atoms with Gasteiger partial charge in [-0.15, -0.1) is 0 Å². The van der Waals surface area contributed by atoms with Crippen LogP contribution in [0.3, 0.4) is 0 Å². The van der Waals surface area contributed by atoms with Crippen molar-refractivity contribution in [3.05, 3.63) is 18.0 Å². The molecule has 2 fully saturated rings. The van der Waals surface area contributed by atoms with Crippen LogP contribution in [0.15, 0.2) is 12.3 Å². The third kappa shape index (κ3) is 3.94. The molecule has 2 aliphatic rings. The maximum absolute atomic E-state index is 12.3. The molecule has 1 aromatic rings. The Morgan fingerprint density at radius 3 is 2.91 bits per heavy atom. The van der Waals surface area contributed by atoms with Gasteiger partial charge in [0.2, 0.25) is 5.95 Å². The number of aliphatic hydroxyl groups is 1. The molecule has 23 heavy (non-hydrogen) atoms. The van der Waals surface area contributed by atoms with Gasteiger partial charge in [0.05, 0.1) is 5.60 Å². The Hall–Kier alpha value is -1.37.